The number of aromatic nitrogens is 2. The summed E-state index contributed by atoms with van der Waals surface area (Å²) in [6, 6.07) is 5.93. The van der Waals surface area contributed by atoms with Crippen LogP contribution in [0.4, 0.5) is 5.82 Å². The quantitative estimate of drug-likeness (QED) is 0.899. The van der Waals surface area contributed by atoms with Gasteiger partial charge in [-0.25, -0.2) is 9.97 Å². The van der Waals surface area contributed by atoms with Crippen molar-refractivity contribution in [2.75, 3.05) is 12.4 Å². The molecule has 0 spiro atoms. The number of nitrogens with zero attached hydrogens (tertiary/aromatic N) is 2. The van der Waals surface area contributed by atoms with Gasteiger partial charge in [0.05, 0.1) is 0 Å². The van der Waals surface area contributed by atoms with Crippen LogP contribution in [0.25, 0.3) is 0 Å². The van der Waals surface area contributed by atoms with E-state index >= 15 is 0 Å². The molecule has 1 aromatic heterocycles. The number of anilines is 1. The lowest BCUT2D eigenvalue weighted by molar-refractivity contribution is 0.457. The summed E-state index contributed by atoms with van der Waals surface area (Å²) in [5.41, 5.74) is 3.52. The third-order valence-corrected chi connectivity index (χ3v) is 2.88. The molecule has 18 heavy (non-hydrogen) atoms. The van der Waals surface area contributed by atoms with Crippen LogP contribution in [0, 0.1) is 20.8 Å². The van der Waals surface area contributed by atoms with Crippen LogP contribution in [0.15, 0.2) is 24.5 Å². The van der Waals surface area contributed by atoms with Crippen molar-refractivity contribution in [2.45, 2.75) is 20.8 Å². The van der Waals surface area contributed by atoms with E-state index in [-0.39, 0.29) is 0 Å². The van der Waals surface area contributed by atoms with Gasteiger partial charge in [-0.1, -0.05) is 6.07 Å². The van der Waals surface area contributed by atoms with Gasteiger partial charge >= 0.3 is 0 Å². The number of hydrogen-bond acceptors (Lipinski definition) is 4. The minimum atomic E-state index is 0.544. The number of aryl methyl sites for hydroxylation is 2. The van der Waals surface area contributed by atoms with Crippen LogP contribution in [0.1, 0.15) is 16.7 Å². The Kier molecular flexibility index (Phi) is 3.46. The third-order valence-electron chi connectivity index (χ3n) is 2.88. The zero-order valence-electron chi connectivity index (χ0n) is 11.1. The van der Waals surface area contributed by atoms with Gasteiger partial charge in [-0.2, -0.15) is 0 Å². The Hall–Kier alpha value is -2.10. The first-order chi connectivity index (χ1) is 8.60. The fourth-order valence-electron chi connectivity index (χ4n) is 1.75. The van der Waals surface area contributed by atoms with Crippen molar-refractivity contribution in [3.05, 3.63) is 41.2 Å². The van der Waals surface area contributed by atoms with Crippen LogP contribution >= 0.6 is 0 Å². The smallest absolute Gasteiger partial charge is 0.224 e. The monoisotopic (exact) mass is 243 g/mol. The van der Waals surface area contributed by atoms with Crippen molar-refractivity contribution < 1.29 is 4.74 Å². The van der Waals surface area contributed by atoms with Gasteiger partial charge in [0.2, 0.25) is 5.88 Å². The van der Waals surface area contributed by atoms with Gasteiger partial charge in [-0.15, -0.1) is 0 Å². The average Bonchev–Trinajstić information content (AvgIpc) is 2.35. The zero-order valence-corrected chi connectivity index (χ0v) is 11.1. The van der Waals surface area contributed by atoms with E-state index in [0.29, 0.717) is 5.88 Å². The van der Waals surface area contributed by atoms with Gasteiger partial charge in [-0.3, -0.25) is 0 Å². The highest BCUT2D eigenvalue weighted by atomic mass is 16.5. The maximum atomic E-state index is 5.82. The molecule has 1 heterocycles. The molecular formula is C14H17N3O. The molecule has 0 amide bonds. The molecule has 4 nitrogen and oxygen atoms in total. The van der Waals surface area contributed by atoms with Crippen LogP contribution in [0.2, 0.25) is 0 Å². The van der Waals surface area contributed by atoms with Gasteiger partial charge in [-0.05, 0) is 43.5 Å². The van der Waals surface area contributed by atoms with Gasteiger partial charge in [0.1, 0.15) is 17.9 Å². The predicted octanol–water partition coefficient (Wildman–Crippen LogP) is 3.24. The lowest BCUT2D eigenvalue weighted by atomic mass is 10.1. The zero-order chi connectivity index (χ0) is 13.1. The lowest BCUT2D eigenvalue weighted by Gasteiger charge is -2.11. The molecule has 0 aliphatic carbocycles. The molecule has 1 N–H and O–H groups in total. The van der Waals surface area contributed by atoms with Gasteiger partial charge in [0.15, 0.2) is 0 Å². The largest absolute Gasteiger partial charge is 0.439 e. The van der Waals surface area contributed by atoms with E-state index in [1.807, 2.05) is 20.0 Å². The van der Waals surface area contributed by atoms with Crippen LogP contribution in [-0.4, -0.2) is 17.0 Å². The second-order valence-corrected chi connectivity index (χ2v) is 4.30. The average molecular weight is 243 g/mol. The van der Waals surface area contributed by atoms with Crippen LogP contribution in [0.5, 0.6) is 11.6 Å². The highest BCUT2D eigenvalue weighted by molar-refractivity contribution is 5.45. The van der Waals surface area contributed by atoms with E-state index in [0.717, 1.165) is 17.1 Å². The molecule has 1 aromatic carbocycles. The highest BCUT2D eigenvalue weighted by Gasteiger charge is 2.06. The van der Waals surface area contributed by atoms with Crippen LogP contribution < -0.4 is 10.1 Å². The Morgan fingerprint density at radius 2 is 1.83 bits per heavy atom. The first-order valence-electron chi connectivity index (χ1n) is 5.85. The normalized spacial score (nSPS) is 10.2. The second-order valence-electron chi connectivity index (χ2n) is 4.30. The fourth-order valence-corrected chi connectivity index (χ4v) is 1.75. The second kappa shape index (κ2) is 5.04. The molecule has 2 rings (SSSR count). The summed E-state index contributed by atoms with van der Waals surface area (Å²) in [5.74, 6) is 2.12. The maximum absolute atomic E-state index is 5.82. The SMILES string of the molecule is CNc1cc(Oc2cc(C)cc(C)c2C)ncn1. The third kappa shape index (κ3) is 2.59. The molecule has 0 atom stereocenters. The number of ether oxygens (including phenoxy) is 1. The van der Waals surface area contributed by atoms with E-state index in [9.17, 15) is 0 Å². The molecule has 2 aromatic rings. The first-order valence-corrected chi connectivity index (χ1v) is 5.85. The summed E-state index contributed by atoms with van der Waals surface area (Å²) in [6.07, 6.45) is 1.49. The standard InChI is InChI=1S/C14H17N3O/c1-9-5-10(2)11(3)12(6-9)18-14-7-13(15-4)16-8-17-14/h5-8H,1-4H3,(H,15,16,17). The number of hydrogen-bond donors (Lipinski definition) is 1. The molecule has 0 bridgehead atoms. The van der Waals surface area contributed by atoms with E-state index < -0.39 is 0 Å². The summed E-state index contributed by atoms with van der Waals surface area (Å²) < 4.78 is 5.82. The summed E-state index contributed by atoms with van der Waals surface area (Å²) in [6.45, 7) is 6.18. The topological polar surface area (TPSA) is 47.0 Å². The molecule has 0 saturated carbocycles. The minimum Gasteiger partial charge on any atom is -0.439 e. The fraction of sp³-hybridized carbons (Fsp3) is 0.286. The Morgan fingerprint density at radius 3 is 2.56 bits per heavy atom. The van der Waals surface area contributed by atoms with Crippen molar-refractivity contribution in [2.24, 2.45) is 0 Å². The number of nitrogens with one attached hydrogen (secondary N) is 1. The number of benzene rings is 1. The Morgan fingerprint density at radius 1 is 1.06 bits per heavy atom. The summed E-state index contributed by atoms with van der Waals surface area (Å²) >= 11 is 0. The van der Waals surface area contributed by atoms with Crippen molar-refractivity contribution in [1.29, 1.82) is 0 Å². The van der Waals surface area contributed by atoms with Gasteiger partial charge < -0.3 is 10.1 Å². The molecule has 0 saturated heterocycles. The van der Waals surface area contributed by atoms with E-state index in [1.165, 1.54) is 17.5 Å². The molecule has 94 valence electrons. The molecular weight excluding hydrogens is 226 g/mol. The molecule has 0 radical (unpaired) electrons. The van der Waals surface area contributed by atoms with Gasteiger partial charge in [0.25, 0.3) is 0 Å². The summed E-state index contributed by atoms with van der Waals surface area (Å²) in [5, 5.41) is 2.96. The molecule has 0 fully saturated rings. The maximum Gasteiger partial charge on any atom is 0.224 e. The van der Waals surface area contributed by atoms with Gasteiger partial charge in [0, 0.05) is 13.1 Å². The number of rotatable bonds is 3. The van der Waals surface area contributed by atoms with E-state index in [4.69, 9.17) is 4.74 Å². The molecule has 0 aliphatic rings. The molecule has 4 heteroatoms. The van der Waals surface area contributed by atoms with E-state index in [1.54, 1.807) is 6.07 Å². The Bertz CT molecular complexity index is 567. The first kappa shape index (κ1) is 12.4. The van der Waals surface area contributed by atoms with E-state index in [2.05, 4.69) is 35.2 Å². The minimum absolute atomic E-state index is 0.544. The molecule has 0 unspecified atom stereocenters. The summed E-state index contributed by atoms with van der Waals surface area (Å²) in [7, 11) is 1.81. The van der Waals surface area contributed by atoms with Crippen LogP contribution in [-0.2, 0) is 0 Å². The lowest BCUT2D eigenvalue weighted by Crippen LogP contribution is -1.97. The van der Waals surface area contributed by atoms with Crippen molar-refractivity contribution >= 4 is 5.82 Å². The summed E-state index contributed by atoms with van der Waals surface area (Å²) in [4.78, 5) is 8.16. The highest BCUT2D eigenvalue weighted by Crippen LogP contribution is 2.27. The Balaban J connectivity index is 2.33. The van der Waals surface area contributed by atoms with Crippen LogP contribution in [0.3, 0.4) is 0 Å². The molecule has 0 aliphatic heterocycles. The van der Waals surface area contributed by atoms with Crippen molar-refractivity contribution in [1.82, 2.24) is 9.97 Å². The van der Waals surface area contributed by atoms with Crippen molar-refractivity contribution in [3.8, 4) is 11.6 Å². The van der Waals surface area contributed by atoms with Crippen molar-refractivity contribution in [3.63, 3.8) is 0 Å². The Labute approximate surface area is 107 Å². The predicted molar refractivity (Wildman–Crippen MR) is 72.3 cm³/mol.